The summed E-state index contributed by atoms with van der Waals surface area (Å²) >= 11 is 0. The summed E-state index contributed by atoms with van der Waals surface area (Å²) < 4.78 is 0. The molecule has 0 saturated heterocycles. The van der Waals surface area contributed by atoms with Gasteiger partial charge >= 0.3 is 0 Å². The highest BCUT2D eigenvalue weighted by atomic mass is 15.1. The molecule has 0 spiro atoms. The van der Waals surface area contributed by atoms with Gasteiger partial charge in [-0.25, -0.2) is 0 Å². The summed E-state index contributed by atoms with van der Waals surface area (Å²) in [6.45, 7) is 0. The highest BCUT2D eigenvalue weighted by Gasteiger charge is 2.18. The van der Waals surface area contributed by atoms with Crippen LogP contribution in [0, 0.1) is 0 Å². The predicted octanol–water partition coefficient (Wildman–Crippen LogP) is 12.6. The van der Waals surface area contributed by atoms with Gasteiger partial charge in [0.1, 0.15) is 0 Å². The van der Waals surface area contributed by atoms with Crippen LogP contribution >= 0.6 is 0 Å². The van der Waals surface area contributed by atoms with Gasteiger partial charge in [-0.15, -0.1) is 0 Å². The Morgan fingerprint density at radius 1 is 0.289 bits per heavy atom. The van der Waals surface area contributed by atoms with Crippen molar-refractivity contribution < 1.29 is 0 Å². The van der Waals surface area contributed by atoms with E-state index in [2.05, 4.69) is 181 Å². The van der Waals surface area contributed by atoms with Crippen LogP contribution in [0.15, 0.2) is 176 Å². The summed E-state index contributed by atoms with van der Waals surface area (Å²) in [4.78, 5) is 2.36. The van der Waals surface area contributed by atoms with Crippen LogP contribution in [-0.2, 0) is 0 Å². The van der Waals surface area contributed by atoms with Gasteiger partial charge in [0.2, 0.25) is 0 Å². The van der Waals surface area contributed by atoms with Crippen LogP contribution in [0.2, 0.25) is 0 Å². The van der Waals surface area contributed by atoms with E-state index in [1.54, 1.807) is 0 Å². The standard InChI is InChI=1S/C44H29N/c1-3-15-33(16-4-1)45(34-17-5-2-6-18-34)44-26-25-35(36-19-11-12-22-40(36)44)32-23-24-39-41(29-32)37-20-9-10-21-38(37)42-27-30-13-7-8-14-31(30)28-43(39)42/h1-29H. The Hall–Kier alpha value is -5.92. The van der Waals surface area contributed by atoms with Crippen LogP contribution in [0.25, 0.3) is 65.0 Å². The first-order valence-electron chi connectivity index (χ1n) is 15.5. The SMILES string of the molecule is c1ccc(N(c2ccccc2)c2ccc(-c3ccc4c(c3)c3ccccc3c3cc5ccccc5cc43)c3ccccc23)cc1. The van der Waals surface area contributed by atoms with Gasteiger partial charge in [-0.1, -0.05) is 127 Å². The molecule has 210 valence electrons. The summed E-state index contributed by atoms with van der Waals surface area (Å²) in [7, 11) is 0. The molecule has 9 aromatic carbocycles. The van der Waals surface area contributed by atoms with Gasteiger partial charge in [0.15, 0.2) is 0 Å². The van der Waals surface area contributed by atoms with Crippen LogP contribution in [0.4, 0.5) is 17.1 Å². The number of fused-ring (bicyclic) bond motifs is 8. The summed E-state index contributed by atoms with van der Waals surface area (Å²) in [5.41, 5.74) is 5.90. The lowest BCUT2D eigenvalue weighted by atomic mass is 9.89. The number of hydrogen-bond donors (Lipinski definition) is 0. The lowest BCUT2D eigenvalue weighted by Crippen LogP contribution is -2.10. The van der Waals surface area contributed by atoms with Crippen molar-refractivity contribution in [3.05, 3.63) is 176 Å². The van der Waals surface area contributed by atoms with E-state index in [1.165, 1.54) is 65.0 Å². The summed E-state index contributed by atoms with van der Waals surface area (Å²) in [6.07, 6.45) is 0. The van der Waals surface area contributed by atoms with Gasteiger partial charge in [-0.05, 0) is 108 Å². The van der Waals surface area contributed by atoms with Crippen LogP contribution in [0.1, 0.15) is 0 Å². The second-order valence-electron chi connectivity index (χ2n) is 11.7. The molecule has 0 unspecified atom stereocenters. The van der Waals surface area contributed by atoms with Crippen molar-refractivity contribution in [3.8, 4) is 11.1 Å². The second kappa shape index (κ2) is 10.4. The fraction of sp³-hybridized carbons (Fsp3) is 0. The maximum Gasteiger partial charge on any atom is 0.0540 e. The number of nitrogens with zero attached hydrogens (tertiary/aromatic N) is 1. The Morgan fingerprint density at radius 3 is 1.36 bits per heavy atom. The third-order valence-corrected chi connectivity index (χ3v) is 9.18. The topological polar surface area (TPSA) is 3.24 Å². The van der Waals surface area contributed by atoms with Crippen LogP contribution < -0.4 is 4.90 Å². The van der Waals surface area contributed by atoms with Crippen molar-refractivity contribution in [2.24, 2.45) is 0 Å². The molecular formula is C44H29N. The molecule has 0 aromatic heterocycles. The number of para-hydroxylation sites is 2. The maximum atomic E-state index is 2.40. The Labute approximate surface area is 262 Å². The van der Waals surface area contributed by atoms with E-state index in [-0.39, 0.29) is 0 Å². The lowest BCUT2D eigenvalue weighted by Gasteiger charge is -2.27. The Morgan fingerprint density at radius 2 is 0.756 bits per heavy atom. The monoisotopic (exact) mass is 571 g/mol. The van der Waals surface area contributed by atoms with E-state index in [9.17, 15) is 0 Å². The molecule has 0 atom stereocenters. The molecule has 45 heavy (non-hydrogen) atoms. The number of benzene rings is 9. The zero-order chi connectivity index (χ0) is 29.7. The van der Waals surface area contributed by atoms with E-state index >= 15 is 0 Å². The van der Waals surface area contributed by atoms with Gasteiger partial charge in [0.05, 0.1) is 5.69 Å². The Bertz CT molecular complexity index is 2490. The minimum atomic E-state index is 1.14. The summed E-state index contributed by atoms with van der Waals surface area (Å²) in [5, 5.41) is 12.8. The Kier molecular flexibility index (Phi) is 5.89. The minimum Gasteiger partial charge on any atom is -0.310 e. The molecule has 1 heteroatoms. The molecule has 0 N–H and O–H groups in total. The van der Waals surface area contributed by atoms with E-state index in [1.807, 2.05) is 0 Å². The molecule has 9 rings (SSSR count). The molecule has 0 heterocycles. The number of rotatable bonds is 4. The molecule has 0 amide bonds. The molecule has 0 bridgehead atoms. The van der Waals surface area contributed by atoms with Crippen molar-refractivity contribution >= 4 is 70.9 Å². The summed E-state index contributed by atoms with van der Waals surface area (Å²) in [5.74, 6) is 0. The minimum absolute atomic E-state index is 1.14. The molecule has 0 fully saturated rings. The first-order valence-corrected chi connectivity index (χ1v) is 15.5. The molecule has 0 saturated carbocycles. The number of anilines is 3. The molecular weight excluding hydrogens is 542 g/mol. The first-order chi connectivity index (χ1) is 22.3. The molecule has 0 aliphatic heterocycles. The van der Waals surface area contributed by atoms with Crippen LogP contribution in [0.3, 0.4) is 0 Å². The molecule has 0 radical (unpaired) electrons. The van der Waals surface area contributed by atoms with Gasteiger partial charge in [-0.3, -0.25) is 0 Å². The van der Waals surface area contributed by atoms with Crippen molar-refractivity contribution in [3.63, 3.8) is 0 Å². The van der Waals surface area contributed by atoms with Gasteiger partial charge < -0.3 is 4.90 Å². The average molecular weight is 572 g/mol. The molecule has 0 aliphatic rings. The average Bonchev–Trinajstić information content (AvgIpc) is 3.12. The van der Waals surface area contributed by atoms with Crippen LogP contribution in [-0.4, -0.2) is 0 Å². The second-order valence-corrected chi connectivity index (χ2v) is 11.7. The van der Waals surface area contributed by atoms with Gasteiger partial charge in [0.25, 0.3) is 0 Å². The lowest BCUT2D eigenvalue weighted by molar-refractivity contribution is 1.30. The Balaban J connectivity index is 1.29. The predicted molar refractivity (Wildman–Crippen MR) is 194 cm³/mol. The quantitative estimate of drug-likeness (QED) is 0.150. The van der Waals surface area contributed by atoms with Crippen molar-refractivity contribution in [2.45, 2.75) is 0 Å². The highest BCUT2D eigenvalue weighted by molar-refractivity contribution is 6.27. The third-order valence-electron chi connectivity index (χ3n) is 9.18. The fourth-order valence-electron chi connectivity index (χ4n) is 7.12. The van der Waals surface area contributed by atoms with E-state index in [0.29, 0.717) is 0 Å². The van der Waals surface area contributed by atoms with Crippen LogP contribution in [0.5, 0.6) is 0 Å². The van der Waals surface area contributed by atoms with Crippen molar-refractivity contribution in [1.29, 1.82) is 0 Å². The normalized spacial score (nSPS) is 11.6. The first kappa shape index (κ1) is 25.6. The smallest absolute Gasteiger partial charge is 0.0540 e. The zero-order valence-electron chi connectivity index (χ0n) is 24.7. The molecule has 9 aromatic rings. The van der Waals surface area contributed by atoms with Gasteiger partial charge in [-0.2, -0.15) is 0 Å². The van der Waals surface area contributed by atoms with E-state index in [0.717, 1.165) is 17.1 Å². The van der Waals surface area contributed by atoms with Crippen molar-refractivity contribution in [1.82, 2.24) is 0 Å². The van der Waals surface area contributed by atoms with Gasteiger partial charge in [0, 0.05) is 16.8 Å². The van der Waals surface area contributed by atoms with E-state index in [4.69, 9.17) is 0 Å². The highest BCUT2D eigenvalue weighted by Crippen LogP contribution is 2.43. The number of hydrogen-bond acceptors (Lipinski definition) is 1. The zero-order valence-corrected chi connectivity index (χ0v) is 24.7. The molecule has 1 nitrogen and oxygen atoms in total. The van der Waals surface area contributed by atoms with E-state index < -0.39 is 0 Å². The molecule has 0 aliphatic carbocycles. The maximum absolute atomic E-state index is 2.40. The largest absolute Gasteiger partial charge is 0.310 e. The third kappa shape index (κ3) is 4.17. The summed E-state index contributed by atoms with van der Waals surface area (Å²) in [6, 6.07) is 64.0. The van der Waals surface area contributed by atoms with Crippen molar-refractivity contribution in [2.75, 3.05) is 4.90 Å². The fourth-order valence-corrected chi connectivity index (χ4v) is 7.12.